The van der Waals surface area contributed by atoms with Crippen molar-refractivity contribution >= 4 is 33.2 Å². The average Bonchev–Trinajstić information content (AvgIpc) is 3.16. The third kappa shape index (κ3) is 4.13. The number of hydrogen-bond donors (Lipinski definition) is 5. The maximum absolute atomic E-state index is 12.1. The van der Waals surface area contributed by atoms with Gasteiger partial charge in [0.2, 0.25) is 0 Å². The Labute approximate surface area is 170 Å². The predicted octanol–water partition coefficient (Wildman–Crippen LogP) is 2.38. The molecule has 1 aliphatic rings. The minimum atomic E-state index is -2.48. The van der Waals surface area contributed by atoms with E-state index in [4.69, 9.17) is 5.73 Å². The first kappa shape index (κ1) is 19.5. The third-order valence-corrected chi connectivity index (χ3v) is 5.91. The summed E-state index contributed by atoms with van der Waals surface area (Å²) in [6.07, 6.45) is 4.13. The molecule has 4 rings (SSSR count). The molecule has 1 amide bonds. The Bertz CT molecular complexity index is 1100. The summed E-state index contributed by atoms with van der Waals surface area (Å²) in [7, 11) is -2.48. The fourth-order valence-corrected chi connectivity index (χ4v) is 4.33. The van der Waals surface area contributed by atoms with Crippen LogP contribution in [0.3, 0.4) is 0 Å². The normalized spacial score (nSPS) is 15.1. The zero-order valence-corrected chi connectivity index (χ0v) is 16.8. The van der Waals surface area contributed by atoms with E-state index in [2.05, 4.69) is 21.7 Å². The maximum Gasteiger partial charge on any atom is 0.250 e. The Morgan fingerprint density at radius 3 is 2.48 bits per heavy atom. The van der Waals surface area contributed by atoms with Crippen LogP contribution in [0.4, 0.5) is 5.69 Å². The SMILES string of the molecule is NC(=O)c1cc(-c2ccc(NC[SH](=O)=O)cc2)cc2c(C3CCNCC3)c[nH]c12. The molecule has 0 unspecified atom stereocenters. The first-order valence-corrected chi connectivity index (χ1v) is 11.0. The number of carbonyl (C=O) groups excluding carboxylic acids is 1. The molecule has 5 N–H and O–H groups in total. The van der Waals surface area contributed by atoms with Crippen LogP contribution < -0.4 is 16.4 Å². The molecule has 1 aromatic heterocycles. The van der Waals surface area contributed by atoms with Gasteiger partial charge in [0.1, 0.15) is 5.88 Å². The second-order valence-corrected chi connectivity index (χ2v) is 8.31. The highest BCUT2D eigenvalue weighted by Gasteiger charge is 2.21. The largest absolute Gasteiger partial charge is 0.372 e. The van der Waals surface area contributed by atoms with E-state index in [-0.39, 0.29) is 5.88 Å². The number of H-pyrrole nitrogens is 1. The minimum absolute atomic E-state index is 0.102. The standard InChI is InChI=1S/C21H24N4O3S/c22-21(26)18-10-15(13-1-3-16(4-2-13)25-12-29(27)28)9-17-19(11-24-20(17)18)14-5-7-23-8-6-14/h1-4,9-11,14,23-25,29H,5-8,12H2,(H2,22,26). The van der Waals surface area contributed by atoms with Gasteiger partial charge in [-0.15, -0.1) is 0 Å². The van der Waals surface area contributed by atoms with Crippen molar-refractivity contribution in [3.05, 3.63) is 53.7 Å². The first-order valence-electron chi connectivity index (χ1n) is 9.64. The number of fused-ring (bicyclic) bond motifs is 1. The number of piperidine rings is 1. The van der Waals surface area contributed by atoms with Gasteiger partial charge in [-0.05, 0) is 72.8 Å². The quantitative estimate of drug-likeness (QED) is 0.399. The highest BCUT2D eigenvalue weighted by Crippen LogP contribution is 2.35. The van der Waals surface area contributed by atoms with E-state index < -0.39 is 16.6 Å². The summed E-state index contributed by atoms with van der Waals surface area (Å²) in [6.45, 7) is 1.98. The van der Waals surface area contributed by atoms with Crippen LogP contribution in [0, 0.1) is 0 Å². The van der Waals surface area contributed by atoms with Crippen molar-refractivity contribution in [2.24, 2.45) is 5.73 Å². The summed E-state index contributed by atoms with van der Waals surface area (Å²) < 4.78 is 21.5. The molecule has 2 heterocycles. The van der Waals surface area contributed by atoms with Gasteiger partial charge in [0, 0.05) is 17.3 Å². The number of nitrogens with one attached hydrogen (secondary N) is 3. The molecule has 0 spiro atoms. The number of amides is 1. The highest BCUT2D eigenvalue weighted by molar-refractivity contribution is 7.72. The van der Waals surface area contributed by atoms with Crippen molar-refractivity contribution in [2.75, 3.05) is 24.3 Å². The molecule has 2 aromatic carbocycles. The van der Waals surface area contributed by atoms with Crippen molar-refractivity contribution in [1.82, 2.24) is 10.3 Å². The second-order valence-electron chi connectivity index (χ2n) is 7.32. The van der Waals surface area contributed by atoms with Crippen LogP contribution in [0.5, 0.6) is 0 Å². The molecule has 29 heavy (non-hydrogen) atoms. The van der Waals surface area contributed by atoms with E-state index in [1.807, 2.05) is 36.5 Å². The van der Waals surface area contributed by atoms with Crippen molar-refractivity contribution < 1.29 is 13.2 Å². The number of primary amides is 1. The van der Waals surface area contributed by atoms with Crippen LogP contribution in [0.25, 0.3) is 22.0 Å². The van der Waals surface area contributed by atoms with Crippen molar-refractivity contribution in [2.45, 2.75) is 18.8 Å². The number of hydrogen-bond acceptors (Lipinski definition) is 5. The molecule has 0 saturated carbocycles. The van der Waals surface area contributed by atoms with Crippen molar-refractivity contribution in [1.29, 1.82) is 0 Å². The number of thiol groups is 1. The second kappa shape index (κ2) is 8.26. The van der Waals surface area contributed by atoms with Gasteiger partial charge >= 0.3 is 0 Å². The number of aromatic nitrogens is 1. The van der Waals surface area contributed by atoms with Crippen molar-refractivity contribution in [3.8, 4) is 11.1 Å². The molecule has 7 nitrogen and oxygen atoms in total. The topological polar surface area (TPSA) is 117 Å². The summed E-state index contributed by atoms with van der Waals surface area (Å²) in [6, 6.07) is 11.4. The van der Waals surface area contributed by atoms with Crippen LogP contribution in [0.15, 0.2) is 42.6 Å². The number of carbonyl (C=O) groups is 1. The van der Waals surface area contributed by atoms with Gasteiger partial charge < -0.3 is 21.4 Å². The van der Waals surface area contributed by atoms with E-state index >= 15 is 0 Å². The van der Waals surface area contributed by atoms with Crippen LogP contribution in [0.2, 0.25) is 0 Å². The zero-order valence-electron chi connectivity index (χ0n) is 15.9. The fraction of sp³-hybridized carbons (Fsp3) is 0.286. The van der Waals surface area contributed by atoms with Gasteiger partial charge in [0.25, 0.3) is 5.91 Å². The molecular formula is C21H24N4O3S. The Morgan fingerprint density at radius 2 is 1.83 bits per heavy atom. The first-order chi connectivity index (χ1) is 14.0. The Morgan fingerprint density at radius 1 is 1.10 bits per heavy atom. The Kier molecular flexibility index (Phi) is 5.55. The summed E-state index contributed by atoms with van der Waals surface area (Å²) >= 11 is 0. The molecule has 1 saturated heterocycles. The predicted molar refractivity (Wildman–Crippen MR) is 116 cm³/mol. The van der Waals surface area contributed by atoms with Crippen LogP contribution in [-0.2, 0) is 10.7 Å². The van der Waals surface area contributed by atoms with Gasteiger partial charge in [-0.25, -0.2) is 8.42 Å². The summed E-state index contributed by atoms with van der Waals surface area (Å²) in [5.74, 6) is -0.121. The molecule has 3 aromatic rings. The molecular weight excluding hydrogens is 388 g/mol. The molecule has 0 radical (unpaired) electrons. The zero-order chi connectivity index (χ0) is 20.4. The fourth-order valence-electron chi connectivity index (χ4n) is 4.02. The Hall–Kier alpha value is -2.84. The van der Waals surface area contributed by atoms with Crippen LogP contribution in [0.1, 0.15) is 34.7 Å². The summed E-state index contributed by atoms with van der Waals surface area (Å²) in [5.41, 5.74) is 10.7. The van der Waals surface area contributed by atoms with E-state index in [9.17, 15) is 13.2 Å². The van der Waals surface area contributed by atoms with Crippen molar-refractivity contribution in [3.63, 3.8) is 0 Å². The molecule has 1 aliphatic heterocycles. The van der Waals surface area contributed by atoms with Gasteiger partial charge in [-0.1, -0.05) is 12.1 Å². The van der Waals surface area contributed by atoms with Gasteiger partial charge in [0.05, 0.1) is 11.1 Å². The lowest BCUT2D eigenvalue weighted by Crippen LogP contribution is -2.26. The van der Waals surface area contributed by atoms with E-state index in [1.54, 1.807) is 0 Å². The summed E-state index contributed by atoms with van der Waals surface area (Å²) in [5, 5.41) is 7.27. The lowest BCUT2D eigenvalue weighted by atomic mass is 9.88. The van der Waals surface area contributed by atoms with E-state index in [1.165, 1.54) is 5.56 Å². The number of anilines is 1. The number of benzene rings is 2. The lowest BCUT2D eigenvalue weighted by Gasteiger charge is -2.22. The van der Waals surface area contributed by atoms with Gasteiger partial charge in [0.15, 0.2) is 10.7 Å². The van der Waals surface area contributed by atoms with E-state index in [0.717, 1.165) is 53.6 Å². The summed E-state index contributed by atoms with van der Waals surface area (Å²) in [4.78, 5) is 15.4. The number of nitrogens with two attached hydrogens (primary N) is 1. The minimum Gasteiger partial charge on any atom is -0.372 e. The molecule has 8 heteroatoms. The monoisotopic (exact) mass is 412 g/mol. The number of rotatable bonds is 6. The molecule has 1 fully saturated rings. The van der Waals surface area contributed by atoms with Gasteiger partial charge in [-0.3, -0.25) is 4.79 Å². The Balaban J connectivity index is 1.75. The van der Waals surface area contributed by atoms with Crippen LogP contribution in [-0.4, -0.2) is 38.3 Å². The smallest absolute Gasteiger partial charge is 0.250 e. The van der Waals surface area contributed by atoms with Crippen LogP contribution >= 0.6 is 0 Å². The molecule has 0 aliphatic carbocycles. The lowest BCUT2D eigenvalue weighted by molar-refractivity contribution is 0.100. The molecule has 0 atom stereocenters. The maximum atomic E-state index is 12.1. The average molecular weight is 413 g/mol. The molecule has 152 valence electrons. The third-order valence-electron chi connectivity index (χ3n) is 5.50. The number of aromatic amines is 1. The van der Waals surface area contributed by atoms with E-state index in [0.29, 0.717) is 11.5 Å². The highest BCUT2D eigenvalue weighted by atomic mass is 32.2. The molecule has 0 bridgehead atoms. The van der Waals surface area contributed by atoms with Gasteiger partial charge in [-0.2, -0.15) is 0 Å².